The minimum atomic E-state index is 0.0988. The van der Waals surface area contributed by atoms with Gasteiger partial charge < -0.3 is 10.6 Å². The molecule has 1 aromatic carbocycles. The molecule has 0 aliphatic carbocycles. The monoisotopic (exact) mass is 218 g/mol. The quantitative estimate of drug-likeness (QED) is 0.803. The summed E-state index contributed by atoms with van der Waals surface area (Å²) in [5.41, 5.74) is 1.16. The first-order valence-electron chi connectivity index (χ1n) is 5.80. The lowest BCUT2D eigenvalue weighted by Crippen LogP contribution is -2.44. The second-order valence-corrected chi connectivity index (χ2v) is 4.43. The molecule has 0 aromatic heterocycles. The van der Waals surface area contributed by atoms with Crippen molar-refractivity contribution >= 4 is 5.91 Å². The number of rotatable bonds is 4. The van der Waals surface area contributed by atoms with Crippen LogP contribution in [0.2, 0.25) is 0 Å². The van der Waals surface area contributed by atoms with Crippen LogP contribution in [0, 0.1) is 5.92 Å². The topological polar surface area (TPSA) is 41.1 Å². The molecule has 1 atom stereocenters. The van der Waals surface area contributed by atoms with Crippen LogP contribution in [-0.4, -0.2) is 19.0 Å². The van der Waals surface area contributed by atoms with E-state index in [9.17, 15) is 4.79 Å². The van der Waals surface area contributed by atoms with Crippen molar-refractivity contribution in [3.8, 4) is 0 Å². The lowest BCUT2D eigenvalue weighted by Gasteiger charge is -2.27. The molecule has 16 heavy (non-hydrogen) atoms. The van der Waals surface area contributed by atoms with E-state index in [4.69, 9.17) is 0 Å². The van der Waals surface area contributed by atoms with Crippen molar-refractivity contribution in [3.05, 3.63) is 35.9 Å². The molecule has 0 unspecified atom stereocenters. The molecular weight excluding hydrogens is 200 g/mol. The van der Waals surface area contributed by atoms with Gasteiger partial charge in [-0.15, -0.1) is 0 Å². The van der Waals surface area contributed by atoms with E-state index >= 15 is 0 Å². The Labute approximate surface area is 96.2 Å². The van der Waals surface area contributed by atoms with Crippen molar-refractivity contribution < 1.29 is 4.79 Å². The highest BCUT2D eigenvalue weighted by Crippen LogP contribution is 2.13. The van der Waals surface area contributed by atoms with Gasteiger partial charge in [0, 0.05) is 6.42 Å². The maximum atomic E-state index is 11.7. The van der Waals surface area contributed by atoms with Crippen molar-refractivity contribution in [1.82, 2.24) is 10.6 Å². The smallest absolute Gasteiger partial charge is 0.220 e. The van der Waals surface area contributed by atoms with Crippen molar-refractivity contribution in [2.45, 2.75) is 19.4 Å². The van der Waals surface area contributed by atoms with E-state index < -0.39 is 0 Å². The van der Waals surface area contributed by atoms with Crippen LogP contribution in [0.15, 0.2) is 30.3 Å². The molecule has 1 fully saturated rings. The van der Waals surface area contributed by atoms with E-state index in [1.54, 1.807) is 0 Å². The molecule has 86 valence electrons. The van der Waals surface area contributed by atoms with Crippen LogP contribution in [-0.2, 0) is 4.79 Å². The molecule has 0 saturated carbocycles. The van der Waals surface area contributed by atoms with Crippen molar-refractivity contribution in [3.63, 3.8) is 0 Å². The Kier molecular flexibility index (Phi) is 3.57. The van der Waals surface area contributed by atoms with Gasteiger partial charge in [0.15, 0.2) is 0 Å². The Morgan fingerprint density at radius 3 is 2.69 bits per heavy atom. The van der Waals surface area contributed by atoms with Crippen LogP contribution in [0.1, 0.15) is 24.9 Å². The van der Waals surface area contributed by atoms with Crippen molar-refractivity contribution in [1.29, 1.82) is 0 Å². The van der Waals surface area contributed by atoms with Gasteiger partial charge in [-0.1, -0.05) is 30.3 Å². The average Bonchev–Trinajstić information content (AvgIpc) is 2.25. The molecule has 0 bridgehead atoms. The van der Waals surface area contributed by atoms with E-state index in [0.717, 1.165) is 18.7 Å². The summed E-state index contributed by atoms with van der Waals surface area (Å²) in [6, 6.07) is 10.1. The normalized spacial score (nSPS) is 17.6. The lowest BCUT2D eigenvalue weighted by molar-refractivity contribution is -0.123. The molecule has 2 rings (SSSR count). The first kappa shape index (κ1) is 11.1. The Morgan fingerprint density at radius 2 is 2.12 bits per heavy atom. The van der Waals surface area contributed by atoms with Gasteiger partial charge in [0.2, 0.25) is 5.91 Å². The van der Waals surface area contributed by atoms with Gasteiger partial charge in [0.25, 0.3) is 0 Å². The van der Waals surface area contributed by atoms with Gasteiger partial charge in [0.05, 0.1) is 6.04 Å². The summed E-state index contributed by atoms with van der Waals surface area (Å²) < 4.78 is 0. The number of hydrogen-bond acceptors (Lipinski definition) is 2. The van der Waals surface area contributed by atoms with Crippen LogP contribution in [0.5, 0.6) is 0 Å². The molecule has 1 saturated heterocycles. The highest BCUT2D eigenvalue weighted by molar-refractivity contribution is 5.76. The molecule has 1 heterocycles. The predicted octanol–water partition coefficient (Wildman–Crippen LogP) is 1.47. The van der Waals surface area contributed by atoms with Crippen LogP contribution in [0.3, 0.4) is 0 Å². The van der Waals surface area contributed by atoms with Gasteiger partial charge in [-0.25, -0.2) is 0 Å². The van der Waals surface area contributed by atoms with Gasteiger partial charge in [-0.3, -0.25) is 4.79 Å². The Morgan fingerprint density at radius 1 is 1.44 bits per heavy atom. The Hall–Kier alpha value is -1.35. The molecule has 3 nitrogen and oxygen atoms in total. The third-order valence-electron chi connectivity index (χ3n) is 3.02. The van der Waals surface area contributed by atoms with Crippen molar-refractivity contribution in [2.24, 2.45) is 5.92 Å². The van der Waals surface area contributed by atoms with Crippen LogP contribution in [0.25, 0.3) is 0 Å². The first-order chi connectivity index (χ1) is 7.75. The third-order valence-corrected chi connectivity index (χ3v) is 3.02. The molecule has 1 aromatic rings. The highest BCUT2D eigenvalue weighted by atomic mass is 16.1. The fourth-order valence-electron chi connectivity index (χ4n) is 1.88. The molecule has 0 spiro atoms. The first-order valence-corrected chi connectivity index (χ1v) is 5.80. The summed E-state index contributed by atoms with van der Waals surface area (Å²) in [6.45, 7) is 3.98. The number of carbonyl (C=O) groups excluding carboxylic acids is 1. The summed E-state index contributed by atoms with van der Waals surface area (Å²) in [6.07, 6.45) is 0.643. The third kappa shape index (κ3) is 2.83. The molecule has 1 aliphatic rings. The van der Waals surface area contributed by atoms with Crippen LogP contribution >= 0.6 is 0 Å². The van der Waals surface area contributed by atoms with Gasteiger partial charge in [-0.05, 0) is 31.5 Å². The maximum absolute atomic E-state index is 11.7. The van der Waals surface area contributed by atoms with Gasteiger partial charge in [0.1, 0.15) is 0 Å². The SMILES string of the molecule is C[C@@H](NC(=O)CC1CNC1)c1ccccc1. The lowest BCUT2D eigenvalue weighted by atomic mass is 9.98. The number of hydrogen-bond donors (Lipinski definition) is 2. The number of nitrogens with one attached hydrogen (secondary N) is 2. The van der Waals surface area contributed by atoms with Crippen LogP contribution < -0.4 is 10.6 Å². The summed E-state index contributed by atoms with van der Waals surface area (Å²) in [5, 5.41) is 6.20. The molecular formula is C13H18N2O. The Bertz CT molecular complexity index is 346. The van der Waals surface area contributed by atoms with Gasteiger partial charge in [-0.2, -0.15) is 0 Å². The minimum absolute atomic E-state index is 0.0988. The fraction of sp³-hybridized carbons (Fsp3) is 0.462. The molecule has 3 heteroatoms. The number of benzene rings is 1. The average molecular weight is 218 g/mol. The zero-order chi connectivity index (χ0) is 11.4. The minimum Gasteiger partial charge on any atom is -0.350 e. The van der Waals surface area contributed by atoms with E-state index in [1.807, 2.05) is 37.3 Å². The predicted molar refractivity (Wildman–Crippen MR) is 64.0 cm³/mol. The standard InChI is InChI=1S/C13H18N2O/c1-10(12-5-3-2-4-6-12)15-13(16)7-11-8-14-9-11/h2-6,10-11,14H,7-9H2,1H3,(H,15,16)/t10-/m1/s1. The van der Waals surface area contributed by atoms with E-state index in [2.05, 4.69) is 10.6 Å². The summed E-state index contributed by atoms with van der Waals surface area (Å²) in [4.78, 5) is 11.7. The molecule has 1 aliphatic heterocycles. The largest absolute Gasteiger partial charge is 0.350 e. The zero-order valence-corrected chi connectivity index (χ0v) is 9.57. The zero-order valence-electron chi connectivity index (χ0n) is 9.57. The highest BCUT2D eigenvalue weighted by Gasteiger charge is 2.20. The van der Waals surface area contributed by atoms with E-state index in [1.165, 1.54) is 0 Å². The number of amides is 1. The fourth-order valence-corrected chi connectivity index (χ4v) is 1.88. The summed E-state index contributed by atoms with van der Waals surface area (Å²) in [7, 11) is 0. The van der Waals surface area contributed by atoms with Crippen molar-refractivity contribution in [2.75, 3.05) is 13.1 Å². The van der Waals surface area contributed by atoms with Gasteiger partial charge >= 0.3 is 0 Å². The second-order valence-electron chi connectivity index (χ2n) is 4.43. The van der Waals surface area contributed by atoms with E-state index in [0.29, 0.717) is 12.3 Å². The molecule has 2 N–H and O–H groups in total. The number of carbonyl (C=O) groups is 1. The maximum Gasteiger partial charge on any atom is 0.220 e. The van der Waals surface area contributed by atoms with Crippen LogP contribution in [0.4, 0.5) is 0 Å². The summed E-state index contributed by atoms with van der Waals surface area (Å²) in [5.74, 6) is 0.686. The second kappa shape index (κ2) is 5.12. The Balaban J connectivity index is 1.82. The molecule has 0 radical (unpaired) electrons. The summed E-state index contributed by atoms with van der Waals surface area (Å²) >= 11 is 0. The molecule has 1 amide bonds. The van der Waals surface area contributed by atoms with E-state index in [-0.39, 0.29) is 11.9 Å².